The number of primary amides is 2. The number of hydrogen-bond acceptors (Lipinski definition) is 14. The summed E-state index contributed by atoms with van der Waals surface area (Å²) < 4.78 is 16.6. The minimum Gasteiger partial charge on any atom is -0.459 e. The normalized spacial score (nSPS) is 14.1. The van der Waals surface area contributed by atoms with Crippen molar-refractivity contribution in [3.8, 4) is 0 Å². The van der Waals surface area contributed by atoms with Crippen molar-refractivity contribution >= 4 is 53.5 Å². The summed E-state index contributed by atoms with van der Waals surface area (Å²) in [5.74, 6) is -7.15. The monoisotopic (exact) mass is 913 g/mol. The first-order valence-corrected chi connectivity index (χ1v) is 20.4. The summed E-state index contributed by atoms with van der Waals surface area (Å²) in [6.07, 6.45) is -3.56. The largest absolute Gasteiger partial charge is 0.459 e. The summed E-state index contributed by atoms with van der Waals surface area (Å²) in [6, 6.07) is 9.86. The average molecular weight is 914 g/mol. The predicted molar refractivity (Wildman–Crippen MR) is 232 cm³/mol. The van der Waals surface area contributed by atoms with Gasteiger partial charge in [0.25, 0.3) is 5.96 Å². The molecule has 7 amide bonds. The minimum atomic E-state index is -1.73. The van der Waals surface area contributed by atoms with Crippen molar-refractivity contribution in [3.63, 3.8) is 0 Å². The smallest absolute Gasteiger partial charge is 0.408 e. The molecule has 0 bridgehead atoms. The fourth-order valence-electron chi connectivity index (χ4n) is 5.60. The summed E-state index contributed by atoms with van der Waals surface area (Å²) in [5.41, 5.74) is 18.3. The van der Waals surface area contributed by atoms with Crippen LogP contribution in [0.2, 0.25) is 0 Å². The van der Waals surface area contributed by atoms with Gasteiger partial charge < -0.3 is 58.0 Å². The SMILES string of the molecule is C[C@H](NC(=O)[C@H](CCC(N)=O)NC(=O)OC(C)(C)C)C(=O)N[C@H](C(=O)N[C@@H](CC(N)=O)C(=O)N[C@@H](CCCN=C(N)N[N+](=O)[O-])C(=O)OCc1ccccc1)[C@@H](C)OCc1ccccc1. The first kappa shape index (κ1) is 53.8. The van der Waals surface area contributed by atoms with E-state index in [0.29, 0.717) is 11.1 Å². The zero-order valence-corrected chi connectivity index (χ0v) is 36.8. The van der Waals surface area contributed by atoms with Gasteiger partial charge in [-0.3, -0.25) is 28.8 Å². The van der Waals surface area contributed by atoms with Crippen LogP contribution in [0.1, 0.15) is 77.8 Å². The number of nitro groups is 1. The molecule has 0 aliphatic carbocycles. The number of guanidine groups is 1. The Morgan fingerprint density at radius 2 is 1.28 bits per heavy atom. The van der Waals surface area contributed by atoms with Gasteiger partial charge in [-0.05, 0) is 65.0 Å². The highest BCUT2D eigenvalue weighted by Crippen LogP contribution is 2.12. The summed E-state index contributed by atoms with van der Waals surface area (Å²) >= 11 is 0. The summed E-state index contributed by atoms with van der Waals surface area (Å²) in [6.45, 7) is 7.16. The zero-order chi connectivity index (χ0) is 48.7. The third-order valence-electron chi connectivity index (χ3n) is 8.85. The molecule has 0 saturated heterocycles. The second kappa shape index (κ2) is 27.0. The Morgan fingerprint density at radius 3 is 1.83 bits per heavy atom. The number of hydrazine groups is 1. The predicted octanol–water partition coefficient (Wildman–Crippen LogP) is -0.795. The molecule has 0 spiro atoms. The molecule has 0 aliphatic heterocycles. The number of hydrogen-bond donors (Lipinski definition) is 9. The second-order valence-corrected chi connectivity index (χ2v) is 15.6. The van der Waals surface area contributed by atoms with Crippen LogP contribution in [0, 0.1) is 10.1 Å². The maximum Gasteiger partial charge on any atom is 0.408 e. The number of benzene rings is 2. The van der Waals surface area contributed by atoms with Gasteiger partial charge in [-0.2, -0.15) is 0 Å². The van der Waals surface area contributed by atoms with Gasteiger partial charge in [-0.15, -0.1) is 0 Å². The van der Waals surface area contributed by atoms with E-state index in [0.717, 1.165) is 0 Å². The standard InChI is InChI=1S/C41H59N11O13/c1-24(46-35(56)28(18-19-31(42)53)49-40(60)65-41(3,4)5)34(55)50-33(25(2)63-22-26-13-8-6-9-14-26)37(58)48-30(21-32(43)54)36(57)47-29(17-12-20-45-39(44)51-52(61)62)38(59)64-23-27-15-10-7-11-16-27/h6-11,13-16,24-25,28-30,33H,12,17-23H2,1-5H3,(H2,42,53)(H2,43,54)(H,46,56)(H,47,57)(H,48,58)(H,49,60)(H,50,55)(H3,44,45,51)/t24-,25+,28-,29-,30-,33-/m0/s1. The highest BCUT2D eigenvalue weighted by Gasteiger charge is 2.35. The molecule has 0 heterocycles. The molecule has 6 atom stereocenters. The van der Waals surface area contributed by atoms with Crippen molar-refractivity contribution in [3.05, 3.63) is 81.9 Å². The molecule has 24 nitrogen and oxygen atoms in total. The number of carbonyl (C=O) groups is 8. The van der Waals surface area contributed by atoms with Crippen LogP contribution in [0.15, 0.2) is 65.7 Å². The van der Waals surface area contributed by atoms with E-state index >= 15 is 0 Å². The molecule has 2 aromatic carbocycles. The van der Waals surface area contributed by atoms with E-state index in [-0.39, 0.29) is 45.4 Å². The molecule has 0 radical (unpaired) electrons. The van der Waals surface area contributed by atoms with Gasteiger partial charge in [-0.25, -0.2) is 24.7 Å². The number of nitrogens with two attached hydrogens (primary N) is 3. The maximum absolute atomic E-state index is 14.1. The van der Waals surface area contributed by atoms with Gasteiger partial charge in [-0.1, -0.05) is 66.1 Å². The van der Waals surface area contributed by atoms with Gasteiger partial charge in [0.1, 0.15) is 42.4 Å². The summed E-state index contributed by atoms with van der Waals surface area (Å²) in [5, 5.41) is 21.9. The second-order valence-electron chi connectivity index (χ2n) is 15.6. The molecule has 12 N–H and O–H groups in total. The Labute approximate surface area is 375 Å². The van der Waals surface area contributed by atoms with Gasteiger partial charge in [0.15, 0.2) is 5.03 Å². The number of aliphatic imine (C=N–C) groups is 1. The van der Waals surface area contributed by atoms with Crippen LogP contribution in [0.3, 0.4) is 0 Å². The van der Waals surface area contributed by atoms with Gasteiger partial charge >= 0.3 is 12.1 Å². The van der Waals surface area contributed by atoms with Crippen LogP contribution in [0.5, 0.6) is 0 Å². The van der Waals surface area contributed by atoms with Crippen LogP contribution in [0.4, 0.5) is 4.79 Å². The van der Waals surface area contributed by atoms with Crippen molar-refractivity contribution in [2.24, 2.45) is 22.2 Å². The van der Waals surface area contributed by atoms with E-state index in [9.17, 15) is 48.5 Å². The van der Waals surface area contributed by atoms with Gasteiger partial charge in [0, 0.05) is 13.0 Å². The summed E-state index contributed by atoms with van der Waals surface area (Å²) in [7, 11) is 0. The molecular formula is C41H59N11O13. The number of esters is 1. The third-order valence-corrected chi connectivity index (χ3v) is 8.85. The van der Waals surface area contributed by atoms with E-state index in [1.165, 1.54) is 13.8 Å². The number of rotatable bonds is 26. The lowest BCUT2D eigenvalue weighted by atomic mass is 10.1. The average Bonchev–Trinajstić information content (AvgIpc) is 3.22. The molecule has 0 saturated carbocycles. The fraction of sp³-hybridized carbons (Fsp3) is 0.488. The first-order valence-electron chi connectivity index (χ1n) is 20.4. The number of nitrogens with zero attached hydrogens (tertiary/aromatic N) is 2. The summed E-state index contributed by atoms with van der Waals surface area (Å²) in [4.78, 5) is 119. The molecule has 0 aromatic heterocycles. The number of alkyl carbamates (subject to hydrolysis) is 1. The van der Waals surface area contributed by atoms with Crippen LogP contribution >= 0.6 is 0 Å². The van der Waals surface area contributed by atoms with Crippen LogP contribution in [-0.2, 0) is 61.0 Å². The molecule has 356 valence electrons. The third kappa shape index (κ3) is 22.0. The lowest BCUT2D eigenvalue weighted by Gasteiger charge is -2.29. The topological polar surface area (TPSA) is 370 Å². The van der Waals surface area contributed by atoms with Crippen molar-refractivity contribution in [2.75, 3.05) is 6.54 Å². The molecule has 0 aliphatic rings. The van der Waals surface area contributed by atoms with E-state index in [4.69, 9.17) is 31.4 Å². The Hall–Kier alpha value is -7.37. The van der Waals surface area contributed by atoms with Crippen LogP contribution in [-0.4, -0.2) is 107 Å². The molecule has 24 heteroatoms. The quantitative estimate of drug-likeness (QED) is 0.0139. The molecule has 2 rings (SSSR count). The lowest BCUT2D eigenvalue weighted by Crippen LogP contribution is -2.61. The van der Waals surface area contributed by atoms with E-state index in [2.05, 4.69) is 31.6 Å². The lowest BCUT2D eigenvalue weighted by molar-refractivity contribution is -0.525. The highest BCUT2D eigenvalue weighted by molar-refractivity contribution is 5.97. The van der Waals surface area contributed by atoms with Gasteiger partial charge in [0.05, 0.1) is 19.1 Å². The van der Waals surface area contributed by atoms with Crippen molar-refractivity contribution in [1.82, 2.24) is 32.0 Å². The molecule has 2 aromatic rings. The molecule has 0 fully saturated rings. The maximum atomic E-state index is 14.1. The van der Waals surface area contributed by atoms with Crippen LogP contribution < -0.4 is 49.2 Å². The number of amides is 7. The molecular weight excluding hydrogens is 855 g/mol. The fourth-order valence-corrected chi connectivity index (χ4v) is 5.60. The van der Waals surface area contributed by atoms with E-state index in [1.807, 2.05) is 0 Å². The number of nitrogens with one attached hydrogen (secondary N) is 6. The number of ether oxygens (including phenoxy) is 3. The Balaban J connectivity index is 2.36. The van der Waals surface area contributed by atoms with Crippen LogP contribution in [0.25, 0.3) is 0 Å². The zero-order valence-electron chi connectivity index (χ0n) is 36.8. The molecule has 65 heavy (non-hydrogen) atoms. The Kier molecular flexibility index (Phi) is 22.3. The van der Waals surface area contributed by atoms with Crippen molar-refractivity contribution in [2.45, 2.75) is 122 Å². The Morgan fingerprint density at radius 1 is 0.708 bits per heavy atom. The highest BCUT2D eigenvalue weighted by atomic mass is 16.7. The molecule has 0 unspecified atom stereocenters. The van der Waals surface area contributed by atoms with E-state index in [1.54, 1.807) is 86.9 Å². The Bertz CT molecular complexity index is 1980. The first-order chi connectivity index (χ1) is 30.5. The van der Waals surface area contributed by atoms with Crippen molar-refractivity contribution in [1.29, 1.82) is 0 Å². The minimum absolute atomic E-state index is 0.0401. The number of carbonyl (C=O) groups excluding carboxylic acids is 8. The van der Waals surface area contributed by atoms with Crippen molar-refractivity contribution < 1.29 is 57.6 Å². The van der Waals surface area contributed by atoms with E-state index < -0.39 is 107 Å². The van der Waals surface area contributed by atoms with Gasteiger partial charge in [0.2, 0.25) is 35.4 Å².